The summed E-state index contributed by atoms with van der Waals surface area (Å²) < 4.78 is 51.4. The molecule has 0 aliphatic rings. The van der Waals surface area contributed by atoms with Crippen LogP contribution >= 0.6 is 0 Å². The molecule has 1 N–H and O–H groups in total. The van der Waals surface area contributed by atoms with Gasteiger partial charge >= 0.3 is 0 Å². The highest BCUT2D eigenvalue weighted by molar-refractivity contribution is 7.90. The second-order valence-electron chi connectivity index (χ2n) is 5.01. The van der Waals surface area contributed by atoms with E-state index in [4.69, 9.17) is 0 Å². The van der Waals surface area contributed by atoms with E-state index < -0.39 is 22.9 Å². The highest BCUT2D eigenvalue weighted by atomic mass is 32.2. The Morgan fingerprint density at radius 2 is 1.87 bits per heavy atom. The molecular formula is C14H17F2N3O3S. The molecule has 0 fully saturated rings. The standard InChI is InChI=1S/C14H17F2N3O3S/c1-2-7-19-12(8-20)17-18-14(19)23(21,22)9-10-3-5-11(6-4-10)13(15)16/h3-6,13,20H,2,7-9H2,1H3. The van der Waals surface area contributed by atoms with Crippen molar-refractivity contribution in [3.05, 3.63) is 41.2 Å². The average Bonchev–Trinajstić information content (AvgIpc) is 2.91. The molecule has 0 aliphatic carbocycles. The number of hydrogen-bond acceptors (Lipinski definition) is 5. The summed E-state index contributed by atoms with van der Waals surface area (Å²) in [6, 6.07) is 5.11. The molecular weight excluding hydrogens is 328 g/mol. The summed E-state index contributed by atoms with van der Waals surface area (Å²) in [6.45, 7) is 1.81. The predicted molar refractivity (Wildman–Crippen MR) is 78.5 cm³/mol. The molecule has 0 radical (unpaired) electrons. The number of aliphatic hydroxyl groups excluding tert-OH is 1. The SMILES string of the molecule is CCCn1c(CO)nnc1S(=O)(=O)Cc1ccc(C(F)F)cc1. The Morgan fingerprint density at radius 1 is 1.22 bits per heavy atom. The summed E-state index contributed by atoms with van der Waals surface area (Å²) in [5.41, 5.74) is 0.217. The van der Waals surface area contributed by atoms with Crippen LogP contribution in [0.4, 0.5) is 8.78 Å². The van der Waals surface area contributed by atoms with Gasteiger partial charge in [0.25, 0.3) is 6.43 Å². The van der Waals surface area contributed by atoms with Crippen molar-refractivity contribution in [1.82, 2.24) is 14.8 Å². The first-order valence-electron chi connectivity index (χ1n) is 7.01. The van der Waals surface area contributed by atoms with Gasteiger partial charge < -0.3 is 5.11 Å². The van der Waals surface area contributed by atoms with Gasteiger partial charge in [0.1, 0.15) is 6.61 Å². The average molecular weight is 345 g/mol. The molecule has 1 aromatic carbocycles. The second-order valence-corrected chi connectivity index (χ2v) is 6.89. The summed E-state index contributed by atoms with van der Waals surface area (Å²) >= 11 is 0. The van der Waals surface area contributed by atoms with E-state index in [2.05, 4.69) is 10.2 Å². The van der Waals surface area contributed by atoms with Crippen molar-refractivity contribution in [1.29, 1.82) is 0 Å². The molecule has 0 unspecified atom stereocenters. The first-order valence-corrected chi connectivity index (χ1v) is 8.67. The quantitative estimate of drug-likeness (QED) is 0.830. The lowest BCUT2D eigenvalue weighted by Gasteiger charge is -2.09. The molecule has 1 aromatic heterocycles. The normalized spacial score (nSPS) is 12.0. The minimum Gasteiger partial charge on any atom is -0.388 e. The monoisotopic (exact) mass is 345 g/mol. The van der Waals surface area contributed by atoms with E-state index in [9.17, 15) is 22.3 Å². The van der Waals surface area contributed by atoms with Crippen molar-refractivity contribution in [2.45, 2.75) is 43.8 Å². The first-order chi connectivity index (χ1) is 10.9. The van der Waals surface area contributed by atoms with Crippen LogP contribution in [-0.2, 0) is 28.7 Å². The summed E-state index contributed by atoms with van der Waals surface area (Å²) in [6.07, 6.45) is -1.95. The largest absolute Gasteiger partial charge is 0.388 e. The highest BCUT2D eigenvalue weighted by Gasteiger charge is 2.24. The van der Waals surface area contributed by atoms with Gasteiger partial charge in [0.05, 0.1) is 5.75 Å². The lowest BCUT2D eigenvalue weighted by atomic mass is 10.2. The Bertz CT molecular complexity index is 758. The van der Waals surface area contributed by atoms with E-state index in [0.717, 1.165) is 0 Å². The summed E-state index contributed by atoms with van der Waals surface area (Å²) in [4.78, 5) is 0. The molecule has 0 bridgehead atoms. The third kappa shape index (κ3) is 3.91. The highest BCUT2D eigenvalue weighted by Crippen LogP contribution is 2.21. The van der Waals surface area contributed by atoms with Crippen LogP contribution in [0, 0.1) is 0 Å². The van der Waals surface area contributed by atoms with Crippen LogP contribution in [-0.4, -0.2) is 28.3 Å². The Morgan fingerprint density at radius 3 is 2.39 bits per heavy atom. The molecule has 23 heavy (non-hydrogen) atoms. The summed E-state index contributed by atoms with van der Waals surface area (Å²) in [5, 5.41) is 16.3. The van der Waals surface area contributed by atoms with E-state index in [0.29, 0.717) is 18.5 Å². The van der Waals surface area contributed by atoms with Crippen LogP contribution in [0.3, 0.4) is 0 Å². The lowest BCUT2D eigenvalue weighted by molar-refractivity contribution is 0.151. The van der Waals surface area contributed by atoms with Gasteiger partial charge in [0, 0.05) is 12.1 Å². The number of alkyl halides is 2. The number of aliphatic hydroxyl groups is 1. The number of rotatable bonds is 7. The summed E-state index contributed by atoms with van der Waals surface area (Å²) in [7, 11) is -3.80. The zero-order valence-corrected chi connectivity index (χ0v) is 13.3. The maximum Gasteiger partial charge on any atom is 0.263 e. The molecule has 1 heterocycles. The van der Waals surface area contributed by atoms with Crippen LogP contribution in [0.2, 0.25) is 0 Å². The number of sulfone groups is 1. The van der Waals surface area contributed by atoms with Gasteiger partial charge in [0.2, 0.25) is 15.0 Å². The Hall–Kier alpha value is -1.87. The van der Waals surface area contributed by atoms with Crippen molar-refractivity contribution in [2.75, 3.05) is 0 Å². The zero-order chi connectivity index (χ0) is 17.0. The van der Waals surface area contributed by atoms with Gasteiger partial charge in [-0.1, -0.05) is 31.2 Å². The van der Waals surface area contributed by atoms with Crippen LogP contribution in [0.1, 0.15) is 36.7 Å². The molecule has 6 nitrogen and oxygen atoms in total. The number of hydrogen-bond donors (Lipinski definition) is 1. The fourth-order valence-electron chi connectivity index (χ4n) is 2.16. The molecule has 126 valence electrons. The molecule has 0 atom stereocenters. The van der Waals surface area contributed by atoms with E-state index >= 15 is 0 Å². The Kier molecular flexibility index (Phi) is 5.42. The number of halogens is 2. The van der Waals surface area contributed by atoms with Crippen molar-refractivity contribution in [3.63, 3.8) is 0 Å². The van der Waals surface area contributed by atoms with E-state index in [1.54, 1.807) is 0 Å². The summed E-state index contributed by atoms with van der Waals surface area (Å²) in [5.74, 6) is -0.192. The third-order valence-corrected chi connectivity index (χ3v) is 4.82. The van der Waals surface area contributed by atoms with Gasteiger partial charge in [-0.2, -0.15) is 0 Å². The van der Waals surface area contributed by atoms with Gasteiger partial charge in [-0.15, -0.1) is 10.2 Å². The fourth-order valence-corrected chi connectivity index (χ4v) is 3.62. The number of benzene rings is 1. The van der Waals surface area contributed by atoms with Gasteiger partial charge in [0.15, 0.2) is 5.82 Å². The van der Waals surface area contributed by atoms with Crippen LogP contribution in [0.25, 0.3) is 0 Å². The Balaban J connectivity index is 2.30. The third-order valence-electron chi connectivity index (χ3n) is 3.25. The maximum atomic E-state index is 12.5. The first kappa shape index (κ1) is 17.5. The van der Waals surface area contributed by atoms with Crippen LogP contribution in [0.5, 0.6) is 0 Å². The molecule has 0 saturated carbocycles. The number of nitrogens with zero attached hydrogens (tertiary/aromatic N) is 3. The molecule has 2 aromatic rings. The zero-order valence-electron chi connectivity index (χ0n) is 12.5. The van der Waals surface area contributed by atoms with Gasteiger partial charge in [-0.3, -0.25) is 4.57 Å². The van der Waals surface area contributed by atoms with Crippen molar-refractivity contribution in [3.8, 4) is 0 Å². The van der Waals surface area contributed by atoms with E-state index in [1.165, 1.54) is 28.8 Å². The van der Waals surface area contributed by atoms with Crippen LogP contribution < -0.4 is 0 Å². The minimum absolute atomic E-state index is 0.164. The van der Waals surface area contributed by atoms with E-state index in [1.807, 2.05) is 6.92 Å². The minimum atomic E-state index is -3.80. The van der Waals surface area contributed by atoms with Crippen molar-refractivity contribution in [2.24, 2.45) is 0 Å². The smallest absolute Gasteiger partial charge is 0.263 e. The maximum absolute atomic E-state index is 12.5. The Labute approximate surface area is 132 Å². The van der Waals surface area contributed by atoms with Crippen molar-refractivity contribution < 1.29 is 22.3 Å². The molecule has 0 spiro atoms. The lowest BCUT2D eigenvalue weighted by Crippen LogP contribution is -2.15. The molecule has 9 heteroatoms. The molecule has 0 saturated heterocycles. The topological polar surface area (TPSA) is 85.1 Å². The molecule has 2 rings (SSSR count). The molecule has 0 aliphatic heterocycles. The predicted octanol–water partition coefficient (Wildman–Crippen LogP) is 2.09. The van der Waals surface area contributed by atoms with Gasteiger partial charge in [-0.25, -0.2) is 17.2 Å². The molecule has 0 amide bonds. The van der Waals surface area contributed by atoms with Crippen LogP contribution in [0.15, 0.2) is 29.4 Å². The van der Waals surface area contributed by atoms with Gasteiger partial charge in [-0.05, 0) is 12.0 Å². The van der Waals surface area contributed by atoms with E-state index in [-0.39, 0.29) is 22.3 Å². The van der Waals surface area contributed by atoms with Crippen molar-refractivity contribution >= 4 is 9.84 Å². The second kappa shape index (κ2) is 7.14. The number of aromatic nitrogens is 3. The fraction of sp³-hybridized carbons (Fsp3) is 0.429.